The zero-order chi connectivity index (χ0) is 21.9. The molecule has 2 rings (SSSR count). The highest BCUT2D eigenvalue weighted by molar-refractivity contribution is 7.92. The molecule has 1 heterocycles. The van der Waals surface area contributed by atoms with Crippen LogP contribution < -0.4 is 14.2 Å². The second-order valence-corrected chi connectivity index (χ2v) is 7.39. The van der Waals surface area contributed by atoms with E-state index in [4.69, 9.17) is 0 Å². The number of hydrogen-bond acceptors (Lipinski definition) is 5. The summed E-state index contributed by atoms with van der Waals surface area (Å²) < 4.78 is 110. The van der Waals surface area contributed by atoms with Crippen molar-refractivity contribution in [1.29, 1.82) is 0 Å². The first-order valence-electron chi connectivity index (χ1n) is 7.74. The summed E-state index contributed by atoms with van der Waals surface area (Å²) in [6, 6.07) is 5.09. The Balaban J connectivity index is 2.38. The fourth-order valence-corrected chi connectivity index (χ4v) is 3.12. The van der Waals surface area contributed by atoms with E-state index in [1.54, 1.807) is 6.92 Å². The molecule has 13 heteroatoms. The molecule has 0 amide bonds. The topological polar surface area (TPSA) is 77.5 Å². The van der Waals surface area contributed by atoms with E-state index in [1.165, 1.54) is 18.3 Å². The average molecular weight is 444 g/mol. The number of ether oxygens (including phenoxy) is 2. The molecule has 2 aromatic rings. The van der Waals surface area contributed by atoms with Crippen molar-refractivity contribution in [3.05, 3.63) is 42.1 Å². The number of alkyl halides is 6. The zero-order valence-corrected chi connectivity index (χ0v) is 15.5. The lowest BCUT2D eigenvalue weighted by Gasteiger charge is -2.16. The van der Waals surface area contributed by atoms with E-state index >= 15 is 0 Å². The van der Waals surface area contributed by atoms with Crippen LogP contribution in [0.3, 0.4) is 0 Å². The van der Waals surface area contributed by atoms with Crippen LogP contribution in [0.25, 0.3) is 0 Å². The standard InChI is InChI=1S/C16H14F6N2O4S/c1-10-2-5-14(23-7-10)24-29(25,26)13-6-11(27-8-15(17,18)19)3-4-12(13)28-9-16(20,21)22/h2-7H,8-9H2,1H3,(H,23,24). The van der Waals surface area contributed by atoms with E-state index in [9.17, 15) is 34.8 Å². The Morgan fingerprint density at radius 2 is 1.59 bits per heavy atom. The Kier molecular flexibility index (Phi) is 6.50. The fourth-order valence-electron chi connectivity index (χ4n) is 1.95. The highest BCUT2D eigenvalue weighted by atomic mass is 32.2. The summed E-state index contributed by atoms with van der Waals surface area (Å²) >= 11 is 0. The van der Waals surface area contributed by atoms with Gasteiger partial charge in [-0.25, -0.2) is 13.4 Å². The number of pyridine rings is 1. The molecule has 160 valence electrons. The molecular formula is C16H14F6N2O4S. The minimum Gasteiger partial charge on any atom is -0.484 e. The third-order valence-electron chi connectivity index (χ3n) is 3.15. The molecule has 0 radical (unpaired) electrons. The average Bonchev–Trinajstić information content (AvgIpc) is 2.59. The van der Waals surface area contributed by atoms with Gasteiger partial charge in [0.05, 0.1) is 0 Å². The number of aryl methyl sites for hydroxylation is 1. The molecule has 0 aliphatic rings. The van der Waals surface area contributed by atoms with Crippen LogP contribution in [-0.2, 0) is 10.0 Å². The number of hydrogen-bond donors (Lipinski definition) is 1. The van der Waals surface area contributed by atoms with Crippen molar-refractivity contribution in [2.75, 3.05) is 17.9 Å². The van der Waals surface area contributed by atoms with Gasteiger partial charge in [0.15, 0.2) is 13.2 Å². The van der Waals surface area contributed by atoms with Crippen molar-refractivity contribution >= 4 is 15.8 Å². The Labute approximate surface area is 161 Å². The molecule has 6 nitrogen and oxygen atoms in total. The summed E-state index contributed by atoms with van der Waals surface area (Å²) in [7, 11) is -4.57. The van der Waals surface area contributed by atoms with E-state index in [-0.39, 0.29) is 5.82 Å². The van der Waals surface area contributed by atoms with Crippen LogP contribution >= 0.6 is 0 Å². The third-order valence-corrected chi connectivity index (χ3v) is 4.52. The van der Waals surface area contributed by atoms with E-state index < -0.39 is 52.0 Å². The number of aromatic nitrogens is 1. The first-order chi connectivity index (χ1) is 13.3. The lowest BCUT2D eigenvalue weighted by atomic mass is 10.3. The minimum atomic E-state index is -4.77. The van der Waals surface area contributed by atoms with Gasteiger partial charge in [0, 0.05) is 12.3 Å². The summed E-state index contributed by atoms with van der Waals surface area (Å²) in [5, 5.41) is 0. The minimum absolute atomic E-state index is 0.154. The van der Waals surface area contributed by atoms with Crippen molar-refractivity contribution in [1.82, 2.24) is 4.98 Å². The first-order valence-corrected chi connectivity index (χ1v) is 9.22. The molecule has 0 unspecified atom stereocenters. The second kappa shape index (κ2) is 8.35. The van der Waals surface area contributed by atoms with Crippen molar-refractivity contribution in [2.45, 2.75) is 24.2 Å². The third kappa shape index (κ3) is 7.33. The SMILES string of the molecule is Cc1ccc(NS(=O)(=O)c2cc(OCC(F)(F)F)ccc2OCC(F)(F)F)nc1. The van der Waals surface area contributed by atoms with Crippen LogP contribution in [0, 0.1) is 6.92 Å². The maximum atomic E-state index is 12.6. The largest absolute Gasteiger partial charge is 0.484 e. The number of nitrogens with one attached hydrogen (secondary N) is 1. The maximum absolute atomic E-state index is 12.6. The molecule has 1 N–H and O–H groups in total. The summed E-state index contributed by atoms with van der Waals surface area (Å²) in [5.74, 6) is -1.40. The van der Waals surface area contributed by atoms with Gasteiger partial charge in [0.25, 0.3) is 10.0 Å². The number of anilines is 1. The van der Waals surface area contributed by atoms with Crippen LogP contribution in [0.15, 0.2) is 41.4 Å². The summed E-state index contributed by atoms with van der Waals surface area (Å²) in [5.41, 5.74) is 0.713. The molecule has 0 aliphatic heterocycles. The van der Waals surface area contributed by atoms with Gasteiger partial charge in [0.1, 0.15) is 22.2 Å². The van der Waals surface area contributed by atoms with Gasteiger partial charge in [0.2, 0.25) is 0 Å². The quantitative estimate of drug-likeness (QED) is 0.652. The zero-order valence-electron chi connectivity index (χ0n) is 14.6. The van der Waals surface area contributed by atoms with Gasteiger partial charge in [-0.3, -0.25) is 4.72 Å². The fraction of sp³-hybridized carbons (Fsp3) is 0.312. The van der Waals surface area contributed by atoms with Crippen LogP contribution in [0.1, 0.15) is 5.56 Å². The van der Waals surface area contributed by atoms with Gasteiger partial charge >= 0.3 is 12.4 Å². The lowest BCUT2D eigenvalue weighted by molar-refractivity contribution is -0.154. The van der Waals surface area contributed by atoms with Gasteiger partial charge in [-0.2, -0.15) is 26.3 Å². The summed E-state index contributed by atoms with van der Waals surface area (Å²) in [6.45, 7) is -1.83. The van der Waals surface area contributed by atoms with E-state index in [0.717, 1.165) is 12.1 Å². The smallest absolute Gasteiger partial charge is 0.422 e. The normalized spacial score (nSPS) is 12.5. The number of halogens is 6. The van der Waals surface area contributed by atoms with E-state index in [0.29, 0.717) is 11.6 Å². The monoisotopic (exact) mass is 444 g/mol. The van der Waals surface area contributed by atoms with E-state index in [1.807, 2.05) is 4.72 Å². The number of benzene rings is 1. The van der Waals surface area contributed by atoms with Crippen molar-refractivity contribution in [3.8, 4) is 11.5 Å². The molecule has 0 bridgehead atoms. The predicted molar refractivity (Wildman–Crippen MR) is 89.3 cm³/mol. The molecule has 0 saturated carbocycles. The summed E-state index contributed by atoms with van der Waals surface area (Å²) in [4.78, 5) is 2.96. The molecule has 0 spiro atoms. The Hall–Kier alpha value is -2.70. The van der Waals surface area contributed by atoms with Gasteiger partial charge in [-0.15, -0.1) is 0 Å². The van der Waals surface area contributed by atoms with Gasteiger partial charge in [-0.1, -0.05) is 6.07 Å². The molecule has 29 heavy (non-hydrogen) atoms. The highest BCUT2D eigenvalue weighted by Gasteiger charge is 2.31. The Bertz CT molecular complexity index is 943. The van der Waals surface area contributed by atoms with Crippen LogP contribution in [0.5, 0.6) is 11.5 Å². The molecule has 1 aromatic heterocycles. The van der Waals surface area contributed by atoms with Gasteiger partial charge < -0.3 is 9.47 Å². The second-order valence-electron chi connectivity index (χ2n) is 5.74. The predicted octanol–water partition coefficient (Wildman–Crippen LogP) is 4.07. The van der Waals surface area contributed by atoms with Crippen molar-refractivity contribution < 1.29 is 44.2 Å². The molecule has 0 atom stereocenters. The van der Waals surface area contributed by atoms with Crippen LogP contribution in [0.2, 0.25) is 0 Å². The molecule has 0 saturated heterocycles. The van der Waals surface area contributed by atoms with Crippen molar-refractivity contribution in [2.24, 2.45) is 0 Å². The molecule has 1 aromatic carbocycles. The van der Waals surface area contributed by atoms with Gasteiger partial charge in [-0.05, 0) is 30.7 Å². The van der Waals surface area contributed by atoms with E-state index in [2.05, 4.69) is 14.5 Å². The number of nitrogens with zero attached hydrogens (tertiary/aromatic N) is 1. The lowest BCUT2D eigenvalue weighted by Crippen LogP contribution is -2.22. The first kappa shape index (κ1) is 22.6. The number of rotatable bonds is 7. The molecular weight excluding hydrogens is 430 g/mol. The Morgan fingerprint density at radius 1 is 0.966 bits per heavy atom. The van der Waals surface area contributed by atoms with Crippen LogP contribution in [0.4, 0.5) is 32.2 Å². The van der Waals surface area contributed by atoms with Crippen molar-refractivity contribution in [3.63, 3.8) is 0 Å². The Morgan fingerprint density at radius 3 is 2.14 bits per heavy atom. The molecule has 0 aliphatic carbocycles. The molecule has 0 fully saturated rings. The highest BCUT2D eigenvalue weighted by Crippen LogP contribution is 2.32. The summed E-state index contributed by atoms with van der Waals surface area (Å²) in [6.07, 6.45) is -8.13. The maximum Gasteiger partial charge on any atom is 0.422 e. The number of sulfonamides is 1. The van der Waals surface area contributed by atoms with Crippen LogP contribution in [-0.4, -0.2) is 39.0 Å².